The maximum absolute atomic E-state index is 11.4. The lowest BCUT2D eigenvalue weighted by Gasteiger charge is -2.25. The number of aliphatic hydroxyl groups is 1. The van der Waals surface area contributed by atoms with Gasteiger partial charge in [0.15, 0.2) is 0 Å². The van der Waals surface area contributed by atoms with E-state index >= 15 is 0 Å². The molecule has 0 fully saturated rings. The molecule has 1 heterocycles. The molecule has 0 aliphatic rings. The minimum absolute atomic E-state index is 0.0108. The van der Waals surface area contributed by atoms with Gasteiger partial charge < -0.3 is 10.0 Å². The van der Waals surface area contributed by atoms with Gasteiger partial charge in [-0.1, -0.05) is 0 Å². The van der Waals surface area contributed by atoms with Gasteiger partial charge in [-0.2, -0.15) is 0 Å². The fourth-order valence-electron chi connectivity index (χ4n) is 1.25. The van der Waals surface area contributed by atoms with E-state index in [1.807, 2.05) is 13.8 Å². The number of H-pyrrole nitrogens is 2. The third kappa shape index (κ3) is 2.66. The van der Waals surface area contributed by atoms with Crippen molar-refractivity contribution >= 4 is 5.82 Å². The highest BCUT2D eigenvalue weighted by molar-refractivity contribution is 5.35. The molecule has 7 heteroatoms. The van der Waals surface area contributed by atoms with Crippen LogP contribution in [0.15, 0.2) is 9.59 Å². The minimum Gasteiger partial charge on any atom is -0.395 e. The van der Waals surface area contributed by atoms with Crippen molar-refractivity contribution in [1.82, 2.24) is 15.2 Å². The average molecular weight is 214 g/mol. The van der Waals surface area contributed by atoms with Crippen LogP contribution < -0.4 is 16.1 Å². The first-order valence-electron chi connectivity index (χ1n) is 4.62. The van der Waals surface area contributed by atoms with Gasteiger partial charge in [0, 0.05) is 12.6 Å². The number of aromatic amines is 2. The summed E-state index contributed by atoms with van der Waals surface area (Å²) in [5, 5.41) is 14.6. The monoisotopic (exact) mass is 214 g/mol. The van der Waals surface area contributed by atoms with Gasteiger partial charge in [-0.3, -0.25) is 9.78 Å². The van der Waals surface area contributed by atoms with Crippen molar-refractivity contribution in [3.05, 3.63) is 20.8 Å². The molecule has 0 bridgehead atoms. The first-order chi connectivity index (χ1) is 7.06. The summed E-state index contributed by atoms with van der Waals surface area (Å²) in [5.41, 5.74) is -1.20. The molecule has 15 heavy (non-hydrogen) atoms. The molecule has 0 aliphatic heterocycles. The Balaban J connectivity index is 3.11. The van der Waals surface area contributed by atoms with Gasteiger partial charge in [0.1, 0.15) is 0 Å². The van der Waals surface area contributed by atoms with Crippen molar-refractivity contribution in [3.63, 3.8) is 0 Å². The number of nitrogens with one attached hydrogen (secondary N) is 2. The SMILES string of the molecule is CC(C)N(CCO)c1n[nH]c(=O)[nH]c1=O. The van der Waals surface area contributed by atoms with Crippen LogP contribution in [0.25, 0.3) is 0 Å². The van der Waals surface area contributed by atoms with E-state index in [4.69, 9.17) is 5.11 Å². The Bertz CT molecular complexity index is 422. The van der Waals surface area contributed by atoms with E-state index in [9.17, 15) is 9.59 Å². The molecular formula is C8H14N4O3. The molecule has 0 radical (unpaired) electrons. The van der Waals surface area contributed by atoms with Crippen molar-refractivity contribution in [1.29, 1.82) is 0 Å². The average Bonchev–Trinajstić information content (AvgIpc) is 2.15. The lowest BCUT2D eigenvalue weighted by atomic mass is 10.3. The second-order valence-electron chi connectivity index (χ2n) is 3.34. The quantitative estimate of drug-likeness (QED) is 0.576. The molecule has 0 unspecified atom stereocenters. The highest BCUT2D eigenvalue weighted by atomic mass is 16.3. The van der Waals surface area contributed by atoms with Crippen LogP contribution in [0.4, 0.5) is 5.82 Å². The van der Waals surface area contributed by atoms with Gasteiger partial charge in [0.05, 0.1) is 6.61 Å². The first-order valence-corrected chi connectivity index (χ1v) is 4.62. The molecule has 0 atom stereocenters. The zero-order chi connectivity index (χ0) is 11.4. The molecule has 1 aromatic heterocycles. The Morgan fingerprint density at radius 2 is 2.13 bits per heavy atom. The highest BCUT2D eigenvalue weighted by Crippen LogP contribution is 2.05. The van der Waals surface area contributed by atoms with Crippen LogP contribution >= 0.6 is 0 Å². The predicted molar refractivity (Wildman–Crippen MR) is 55.0 cm³/mol. The number of aromatic nitrogens is 3. The summed E-state index contributed by atoms with van der Waals surface area (Å²) >= 11 is 0. The summed E-state index contributed by atoms with van der Waals surface area (Å²) in [7, 11) is 0. The van der Waals surface area contributed by atoms with Crippen LogP contribution in [0.2, 0.25) is 0 Å². The third-order valence-electron chi connectivity index (χ3n) is 1.93. The van der Waals surface area contributed by atoms with E-state index in [1.54, 1.807) is 4.90 Å². The van der Waals surface area contributed by atoms with E-state index in [-0.39, 0.29) is 18.5 Å². The molecule has 3 N–H and O–H groups in total. The maximum atomic E-state index is 11.4. The van der Waals surface area contributed by atoms with Crippen LogP contribution in [0.3, 0.4) is 0 Å². The number of hydrogen-bond donors (Lipinski definition) is 3. The molecule has 0 spiro atoms. The normalized spacial score (nSPS) is 10.7. The standard InChI is InChI=1S/C8H14N4O3/c1-5(2)12(3-4-13)6-7(14)9-8(15)11-10-6/h5,13H,3-4H2,1-2H3,(H2,9,11,14,15). The zero-order valence-corrected chi connectivity index (χ0v) is 8.65. The topological polar surface area (TPSA) is 102 Å². The fourth-order valence-corrected chi connectivity index (χ4v) is 1.25. The van der Waals surface area contributed by atoms with Gasteiger partial charge in [-0.25, -0.2) is 9.89 Å². The second kappa shape index (κ2) is 4.74. The third-order valence-corrected chi connectivity index (χ3v) is 1.93. The summed E-state index contributed by atoms with van der Waals surface area (Å²) in [6.07, 6.45) is 0. The lowest BCUT2D eigenvalue weighted by molar-refractivity contribution is 0.298. The number of hydrogen-bond acceptors (Lipinski definition) is 5. The molecule has 1 rings (SSSR count). The van der Waals surface area contributed by atoms with Gasteiger partial charge in [0.2, 0.25) is 5.82 Å². The Morgan fingerprint density at radius 1 is 1.47 bits per heavy atom. The molecule has 0 saturated carbocycles. The van der Waals surface area contributed by atoms with Crippen molar-refractivity contribution in [2.24, 2.45) is 0 Å². The van der Waals surface area contributed by atoms with Crippen LogP contribution in [-0.2, 0) is 0 Å². The molecule has 1 aromatic rings. The van der Waals surface area contributed by atoms with Gasteiger partial charge in [-0.15, -0.1) is 5.10 Å². The van der Waals surface area contributed by atoms with Crippen molar-refractivity contribution < 1.29 is 5.11 Å². The van der Waals surface area contributed by atoms with E-state index in [0.717, 1.165) is 0 Å². The molecule has 0 aromatic carbocycles. The highest BCUT2D eigenvalue weighted by Gasteiger charge is 2.15. The molecule has 0 amide bonds. The number of nitrogens with zero attached hydrogens (tertiary/aromatic N) is 2. The van der Waals surface area contributed by atoms with E-state index in [2.05, 4.69) is 15.2 Å². The Hall–Kier alpha value is -1.63. The lowest BCUT2D eigenvalue weighted by Crippen LogP contribution is -2.40. The smallest absolute Gasteiger partial charge is 0.342 e. The Morgan fingerprint density at radius 3 is 2.60 bits per heavy atom. The Kier molecular flexibility index (Phi) is 3.62. The predicted octanol–water partition coefficient (Wildman–Crippen LogP) is -1.33. The van der Waals surface area contributed by atoms with Crippen LogP contribution in [-0.4, -0.2) is 39.5 Å². The molecule has 7 nitrogen and oxygen atoms in total. The summed E-state index contributed by atoms with van der Waals surface area (Å²) < 4.78 is 0. The maximum Gasteiger partial charge on any atom is 0.342 e. The van der Waals surface area contributed by atoms with E-state index in [0.29, 0.717) is 6.54 Å². The summed E-state index contributed by atoms with van der Waals surface area (Å²) in [6.45, 7) is 3.93. The zero-order valence-electron chi connectivity index (χ0n) is 8.65. The number of aliphatic hydroxyl groups excluding tert-OH is 1. The van der Waals surface area contributed by atoms with E-state index < -0.39 is 11.2 Å². The van der Waals surface area contributed by atoms with Crippen LogP contribution in [0.5, 0.6) is 0 Å². The summed E-state index contributed by atoms with van der Waals surface area (Å²) in [5.74, 6) is 0.110. The van der Waals surface area contributed by atoms with E-state index in [1.165, 1.54) is 0 Å². The summed E-state index contributed by atoms with van der Waals surface area (Å²) in [4.78, 5) is 25.8. The fraction of sp³-hybridized carbons (Fsp3) is 0.625. The molecule has 84 valence electrons. The number of anilines is 1. The number of rotatable bonds is 4. The Labute approximate surface area is 85.8 Å². The van der Waals surface area contributed by atoms with Crippen LogP contribution in [0, 0.1) is 0 Å². The molecule has 0 saturated heterocycles. The van der Waals surface area contributed by atoms with Crippen molar-refractivity contribution in [2.75, 3.05) is 18.1 Å². The molecular weight excluding hydrogens is 200 g/mol. The second-order valence-corrected chi connectivity index (χ2v) is 3.34. The van der Waals surface area contributed by atoms with Crippen molar-refractivity contribution in [2.45, 2.75) is 19.9 Å². The summed E-state index contributed by atoms with van der Waals surface area (Å²) in [6, 6.07) is 0.0108. The van der Waals surface area contributed by atoms with Gasteiger partial charge in [-0.05, 0) is 13.8 Å². The first kappa shape index (κ1) is 11.4. The van der Waals surface area contributed by atoms with Crippen LogP contribution in [0.1, 0.15) is 13.8 Å². The minimum atomic E-state index is -0.642. The van der Waals surface area contributed by atoms with Gasteiger partial charge >= 0.3 is 5.69 Å². The molecule has 0 aliphatic carbocycles. The van der Waals surface area contributed by atoms with Gasteiger partial charge in [0.25, 0.3) is 5.56 Å². The largest absolute Gasteiger partial charge is 0.395 e. The van der Waals surface area contributed by atoms with Crippen molar-refractivity contribution in [3.8, 4) is 0 Å².